The van der Waals surface area contributed by atoms with Crippen LogP contribution in [0.4, 0.5) is 23.2 Å². The topological polar surface area (TPSA) is 66.8 Å². The number of thioether (sulfide) groups is 1. The van der Waals surface area contributed by atoms with E-state index < -0.39 is 44.6 Å². The number of amidine groups is 1. The van der Waals surface area contributed by atoms with Crippen LogP contribution in [0.2, 0.25) is 5.02 Å². The van der Waals surface area contributed by atoms with Gasteiger partial charge in [-0.2, -0.15) is 18.2 Å². The van der Waals surface area contributed by atoms with Gasteiger partial charge in [0.2, 0.25) is 0 Å². The van der Waals surface area contributed by atoms with Gasteiger partial charge in [0.15, 0.2) is 15.0 Å². The average Bonchev–Trinajstić information content (AvgIpc) is 3.14. The second-order valence-electron chi connectivity index (χ2n) is 7.43. The van der Waals surface area contributed by atoms with Crippen molar-refractivity contribution in [2.45, 2.75) is 23.9 Å². The van der Waals surface area contributed by atoms with Gasteiger partial charge in [0.25, 0.3) is 5.91 Å². The molecule has 32 heavy (non-hydrogen) atoms. The summed E-state index contributed by atoms with van der Waals surface area (Å²) in [6.45, 7) is 0. The molecule has 2 aliphatic heterocycles. The highest BCUT2D eigenvalue weighted by atomic mass is 35.5. The van der Waals surface area contributed by atoms with Crippen LogP contribution in [-0.4, -0.2) is 42.3 Å². The van der Waals surface area contributed by atoms with Crippen LogP contribution in [0.1, 0.15) is 11.1 Å². The number of hydrogen-bond acceptors (Lipinski definition) is 4. The predicted octanol–water partition coefficient (Wildman–Crippen LogP) is 4.34. The number of amides is 1. The number of carbonyl (C=O) groups is 1. The molecule has 0 aromatic heterocycles. The van der Waals surface area contributed by atoms with E-state index in [1.807, 2.05) is 0 Å². The first kappa shape index (κ1) is 23.1. The standard InChI is InChI=1S/C20H15ClF4N2O3S2/c21-14-6-3-12(20(23,24)25)8-15(14)27-16-9-32(29,30)10-17(16)31-19(27)26-18(28)7-11-1-4-13(22)5-2-11/h1-6,8,16-17H,7,9-10H2/t16-,17+/m1/s1. The first-order valence-corrected chi connectivity index (χ1v) is 12.4. The molecule has 0 N–H and O–H groups in total. The third-order valence-corrected chi connectivity index (χ3v) is 8.62. The SMILES string of the molecule is O=C(Cc1ccc(F)cc1)N=C1S[C@H]2CS(=O)(=O)C[C@H]2N1c1cc(C(F)(F)F)ccc1Cl. The van der Waals surface area contributed by atoms with E-state index in [2.05, 4.69) is 4.99 Å². The Morgan fingerprint density at radius 2 is 1.84 bits per heavy atom. The molecule has 2 saturated heterocycles. The monoisotopic (exact) mass is 506 g/mol. The number of sulfone groups is 1. The van der Waals surface area contributed by atoms with E-state index in [4.69, 9.17) is 11.6 Å². The number of rotatable bonds is 3. The molecule has 0 aliphatic carbocycles. The second-order valence-corrected chi connectivity index (χ2v) is 11.2. The van der Waals surface area contributed by atoms with Crippen molar-refractivity contribution < 1.29 is 30.8 Å². The average molecular weight is 507 g/mol. The summed E-state index contributed by atoms with van der Waals surface area (Å²) >= 11 is 7.22. The van der Waals surface area contributed by atoms with Crippen molar-refractivity contribution in [3.63, 3.8) is 0 Å². The summed E-state index contributed by atoms with van der Waals surface area (Å²) in [5.74, 6) is -1.53. The van der Waals surface area contributed by atoms with Gasteiger partial charge < -0.3 is 4.90 Å². The van der Waals surface area contributed by atoms with Crippen LogP contribution in [0.3, 0.4) is 0 Å². The molecule has 2 aromatic carbocycles. The molecular weight excluding hydrogens is 492 g/mol. The number of fused-ring (bicyclic) bond motifs is 1. The summed E-state index contributed by atoms with van der Waals surface area (Å²) in [6.07, 6.45) is -4.79. The third-order valence-electron chi connectivity index (χ3n) is 5.09. The zero-order valence-electron chi connectivity index (χ0n) is 16.1. The summed E-state index contributed by atoms with van der Waals surface area (Å²) in [6, 6.07) is 7.29. The Hall–Kier alpha value is -2.11. The van der Waals surface area contributed by atoms with Crippen LogP contribution in [0.5, 0.6) is 0 Å². The van der Waals surface area contributed by atoms with E-state index in [1.54, 1.807) is 0 Å². The van der Waals surface area contributed by atoms with Gasteiger partial charge in [-0.05, 0) is 35.9 Å². The first-order valence-electron chi connectivity index (χ1n) is 9.32. The Bertz CT molecular complexity index is 1200. The molecule has 170 valence electrons. The molecule has 2 aromatic rings. The lowest BCUT2D eigenvalue weighted by molar-refractivity contribution is -0.137. The molecule has 12 heteroatoms. The van der Waals surface area contributed by atoms with Gasteiger partial charge >= 0.3 is 6.18 Å². The van der Waals surface area contributed by atoms with Gasteiger partial charge in [-0.1, -0.05) is 35.5 Å². The molecule has 4 rings (SSSR count). The van der Waals surface area contributed by atoms with E-state index in [0.29, 0.717) is 5.56 Å². The minimum Gasteiger partial charge on any atom is -0.314 e. The van der Waals surface area contributed by atoms with Crippen LogP contribution in [-0.2, 0) is 27.2 Å². The highest BCUT2D eigenvalue weighted by molar-refractivity contribution is 8.16. The number of anilines is 1. The molecule has 0 unspecified atom stereocenters. The van der Waals surface area contributed by atoms with Crippen LogP contribution < -0.4 is 4.90 Å². The second kappa shape index (κ2) is 8.35. The number of benzene rings is 2. The fraction of sp³-hybridized carbons (Fsp3) is 0.300. The molecule has 2 fully saturated rings. The first-order chi connectivity index (χ1) is 14.9. The summed E-state index contributed by atoms with van der Waals surface area (Å²) in [5, 5.41) is -0.437. The Morgan fingerprint density at radius 3 is 2.50 bits per heavy atom. The lowest BCUT2D eigenvalue weighted by Crippen LogP contribution is -2.38. The van der Waals surface area contributed by atoms with E-state index in [1.165, 1.54) is 29.2 Å². The summed E-state index contributed by atoms with van der Waals surface area (Å²) in [5.41, 5.74) is -0.509. The molecule has 2 aliphatic rings. The Kier molecular flexibility index (Phi) is 6.01. The minimum absolute atomic E-state index is 0.0257. The maximum Gasteiger partial charge on any atom is 0.416 e. The van der Waals surface area contributed by atoms with Crippen molar-refractivity contribution in [3.05, 3.63) is 64.4 Å². The Morgan fingerprint density at radius 1 is 1.16 bits per heavy atom. The van der Waals surface area contributed by atoms with Gasteiger partial charge in [0.05, 0.1) is 40.2 Å². The van der Waals surface area contributed by atoms with Crippen LogP contribution in [0.25, 0.3) is 0 Å². The highest BCUT2D eigenvalue weighted by Crippen LogP contribution is 2.44. The lowest BCUT2D eigenvalue weighted by Gasteiger charge is -2.26. The quantitative estimate of drug-likeness (QED) is 0.579. The zero-order chi connectivity index (χ0) is 23.3. The predicted molar refractivity (Wildman–Crippen MR) is 115 cm³/mol. The van der Waals surface area contributed by atoms with Gasteiger partial charge in [-0.25, -0.2) is 12.8 Å². The number of nitrogens with zero attached hydrogens (tertiary/aromatic N) is 2. The fourth-order valence-electron chi connectivity index (χ4n) is 3.64. The normalized spacial score (nSPS) is 23.5. The third kappa shape index (κ3) is 4.79. The van der Waals surface area contributed by atoms with E-state index in [-0.39, 0.29) is 33.8 Å². The smallest absolute Gasteiger partial charge is 0.314 e. The maximum atomic E-state index is 13.3. The summed E-state index contributed by atoms with van der Waals surface area (Å²) in [7, 11) is -3.41. The van der Waals surface area contributed by atoms with Crippen LogP contribution >= 0.6 is 23.4 Å². The largest absolute Gasteiger partial charge is 0.416 e. The Labute approximate surface area is 190 Å². The minimum atomic E-state index is -4.64. The van der Waals surface area contributed by atoms with E-state index in [9.17, 15) is 30.8 Å². The molecular formula is C20H15ClF4N2O3S2. The maximum absolute atomic E-state index is 13.3. The number of alkyl halides is 3. The van der Waals surface area contributed by atoms with Crippen molar-refractivity contribution in [1.82, 2.24) is 0 Å². The van der Waals surface area contributed by atoms with Gasteiger partial charge in [-0.15, -0.1) is 0 Å². The van der Waals surface area contributed by atoms with Gasteiger partial charge in [0, 0.05) is 5.25 Å². The van der Waals surface area contributed by atoms with E-state index in [0.717, 1.165) is 30.0 Å². The van der Waals surface area contributed by atoms with E-state index >= 15 is 0 Å². The number of carbonyl (C=O) groups excluding carboxylic acids is 1. The molecule has 0 bridgehead atoms. The highest BCUT2D eigenvalue weighted by Gasteiger charge is 2.50. The van der Waals surface area contributed by atoms with Crippen molar-refractivity contribution in [3.8, 4) is 0 Å². The number of halogens is 5. The number of hydrogen-bond donors (Lipinski definition) is 0. The van der Waals surface area contributed by atoms with Crippen LogP contribution in [0.15, 0.2) is 47.5 Å². The van der Waals surface area contributed by atoms with Crippen molar-refractivity contribution in [2.24, 2.45) is 4.99 Å². The summed E-state index contributed by atoms with van der Waals surface area (Å²) in [4.78, 5) is 17.9. The lowest BCUT2D eigenvalue weighted by atomic mass is 10.1. The number of aliphatic imine (C=N–C) groups is 1. The van der Waals surface area contributed by atoms with Crippen molar-refractivity contribution >= 4 is 50.0 Å². The summed E-state index contributed by atoms with van der Waals surface area (Å²) < 4.78 is 77.2. The molecule has 0 saturated carbocycles. The zero-order valence-corrected chi connectivity index (χ0v) is 18.5. The fourth-order valence-corrected chi connectivity index (χ4v) is 7.78. The molecule has 5 nitrogen and oxygen atoms in total. The van der Waals surface area contributed by atoms with Gasteiger partial charge in [-0.3, -0.25) is 4.79 Å². The molecule has 0 spiro atoms. The van der Waals surface area contributed by atoms with Crippen molar-refractivity contribution in [2.75, 3.05) is 16.4 Å². The Balaban J connectivity index is 1.71. The molecule has 1 amide bonds. The molecule has 0 radical (unpaired) electrons. The van der Waals surface area contributed by atoms with Crippen molar-refractivity contribution in [1.29, 1.82) is 0 Å². The molecule has 2 atom stereocenters. The van der Waals surface area contributed by atoms with Crippen LogP contribution in [0, 0.1) is 5.82 Å². The molecule has 2 heterocycles. The van der Waals surface area contributed by atoms with Gasteiger partial charge in [0.1, 0.15) is 5.82 Å².